The highest BCUT2D eigenvalue weighted by Crippen LogP contribution is 2.53. The van der Waals surface area contributed by atoms with Crippen LogP contribution in [0.2, 0.25) is 0 Å². The molecule has 0 amide bonds. The van der Waals surface area contributed by atoms with E-state index in [1.54, 1.807) is 0 Å². The van der Waals surface area contributed by atoms with Crippen molar-refractivity contribution in [3.63, 3.8) is 0 Å². The van der Waals surface area contributed by atoms with Crippen molar-refractivity contribution < 1.29 is 4.74 Å². The monoisotopic (exact) mass is 363 g/mol. The van der Waals surface area contributed by atoms with Crippen molar-refractivity contribution in [3.05, 3.63) is 28.2 Å². The number of rotatable bonds is 5. The van der Waals surface area contributed by atoms with E-state index in [1.165, 1.54) is 37.7 Å². The first kappa shape index (κ1) is 15.0. The fourth-order valence-corrected chi connectivity index (χ4v) is 5.88. The van der Waals surface area contributed by atoms with Gasteiger partial charge in [0, 0.05) is 22.6 Å². The maximum Gasteiger partial charge on any atom is 0.123 e. The normalized spacial score (nSPS) is 35.8. The third kappa shape index (κ3) is 2.82. The number of hydrogen-bond donors (Lipinski definition) is 1. The van der Waals surface area contributed by atoms with Crippen molar-refractivity contribution in [2.45, 2.75) is 51.6 Å². The molecule has 4 bridgehead atoms. The summed E-state index contributed by atoms with van der Waals surface area (Å²) in [4.78, 5) is 0. The molecule has 22 heavy (non-hydrogen) atoms. The highest BCUT2D eigenvalue weighted by atomic mass is 79.9. The first-order valence-corrected chi connectivity index (χ1v) is 9.66. The summed E-state index contributed by atoms with van der Waals surface area (Å²) in [6.07, 6.45) is 7.42. The molecule has 0 saturated heterocycles. The maximum atomic E-state index is 5.79. The van der Waals surface area contributed by atoms with Crippen LogP contribution >= 0.6 is 15.9 Å². The van der Waals surface area contributed by atoms with Crippen LogP contribution in [-0.2, 0) is 6.54 Å². The van der Waals surface area contributed by atoms with Crippen molar-refractivity contribution in [2.24, 2.45) is 23.7 Å². The Morgan fingerprint density at radius 2 is 1.77 bits per heavy atom. The minimum atomic E-state index is 0.729. The molecule has 4 aliphatic rings. The molecule has 0 heterocycles. The molecule has 0 aliphatic heterocycles. The van der Waals surface area contributed by atoms with Crippen LogP contribution in [0.1, 0.15) is 44.6 Å². The summed E-state index contributed by atoms with van der Waals surface area (Å²) in [5.74, 6) is 4.98. The van der Waals surface area contributed by atoms with Crippen LogP contribution in [0.25, 0.3) is 0 Å². The van der Waals surface area contributed by atoms with Gasteiger partial charge in [0.25, 0.3) is 0 Å². The highest BCUT2D eigenvalue weighted by molar-refractivity contribution is 9.10. The largest absolute Gasteiger partial charge is 0.494 e. The lowest BCUT2D eigenvalue weighted by Gasteiger charge is -2.54. The molecular formula is C19H26BrNO. The molecule has 3 heteroatoms. The number of hydrogen-bond acceptors (Lipinski definition) is 2. The van der Waals surface area contributed by atoms with Gasteiger partial charge in [0.05, 0.1) is 6.61 Å². The van der Waals surface area contributed by atoms with Crippen molar-refractivity contribution in [1.82, 2.24) is 5.32 Å². The standard InChI is InChI=1S/C19H26BrNO/c1-2-22-18-4-3-17(20)10-16(18)11-21-19-14-6-12-5-13(8-14)9-15(19)7-12/h3-4,10,12-15,19,21H,2,5-9,11H2,1H3. The summed E-state index contributed by atoms with van der Waals surface area (Å²) < 4.78 is 6.93. The second-order valence-electron chi connectivity index (χ2n) is 7.52. The lowest BCUT2D eigenvalue weighted by molar-refractivity contribution is -0.0143. The first-order chi connectivity index (χ1) is 10.7. The summed E-state index contributed by atoms with van der Waals surface area (Å²) in [5.41, 5.74) is 1.28. The highest BCUT2D eigenvalue weighted by Gasteiger charge is 2.47. The number of benzene rings is 1. The van der Waals surface area contributed by atoms with E-state index in [2.05, 4.69) is 46.4 Å². The van der Waals surface area contributed by atoms with E-state index < -0.39 is 0 Å². The number of nitrogens with one attached hydrogen (secondary N) is 1. The van der Waals surface area contributed by atoms with Gasteiger partial charge in [0.2, 0.25) is 0 Å². The van der Waals surface area contributed by atoms with Gasteiger partial charge in [-0.25, -0.2) is 0 Å². The predicted octanol–water partition coefficient (Wildman–Crippen LogP) is 4.76. The SMILES string of the molecule is CCOc1ccc(Br)cc1CNC1C2CC3CC(C2)CC1C3. The quantitative estimate of drug-likeness (QED) is 0.813. The second-order valence-corrected chi connectivity index (χ2v) is 8.44. The molecule has 2 nitrogen and oxygen atoms in total. The van der Waals surface area contributed by atoms with Gasteiger partial charge in [-0.1, -0.05) is 15.9 Å². The Morgan fingerprint density at radius 1 is 1.09 bits per heavy atom. The average molecular weight is 364 g/mol. The molecule has 1 aromatic carbocycles. The Labute approximate surface area is 142 Å². The van der Waals surface area contributed by atoms with Gasteiger partial charge < -0.3 is 10.1 Å². The molecule has 0 atom stereocenters. The zero-order valence-corrected chi connectivity index (χ0v) is 14.9. The fourth-order valence-electron chi connectivity index (χ4n) is 5.47. The molecule has 0 radical (unpaired) electrons. The van der Waals surface area contributed by atoms with Crippen molar-refractivity contribution in [3.8, 4) is 5.75 Å². The number of halogens is 1. The summed E-state index contributed by atoms with van der Waals surface area (Å²) in [5, 5.41) is 3.91. The van der Waals surface area contributed by atoms with Crippen LogP contribution in [0.3, 0.4) is 0 Å². The van der Waals surface area contributed by atoms with Gasteiger partial charge in [0.15, 0.2) is 0 Å². The van der Waals surface area contributed by atoms with E-state index in [1.807, 2.05) is 0 Å². The van der Waals surface area contributed by atoms with Crippen LogP contribution in [0.15, 0.2) is 22.7 Å². The molecule has 1 N–H and O–H groups in total. The summed E-state index contributed by atoms with van der Waals surface area (Å²) in [6, 6.07) is 7.09. The zero-order valence-electron chi connectivity index (χ0n) is 13.4. The Morgan fingerprint density at radius 3 is 2.41 bits per heavy atom. The van der Waals surface area contributed by atoms with Crippen molar-refractivity contribution in [1.29, 1.82) is 0 Å². The molecule has 120 valence electrons. The summed E-state index contributed by atoms with van der Waals surface area (Å²) in [7, 11) is 0. The van der Waals surface area contributed by atoms with Crippen molar-refractivity contribution in [2.75, 3.05) is 6.61 Å². The summed E-state index contributed by atoms with van der Waals surface area (Å²) >= 11 is 3.59. The predicted molar refractivity (Wildman–Crippen MR) is 93.0 cm³/mol. The zero-order chi connectivity index (χ0) is 15.1. The summed E-state index contributed by atoms with van der Waals surface area (Å²) in [6.45, 7) is 3.71. The molecule has 0 unspecified atom stereocenters. The Balaban J connectivity index is 1.45. The fraction of sp³-hybridized carbons (Fsp3) is 0.684. The van der Waals surface area contributed by atoms with Crippen molar-refractivity contribution >= 4 is 15.9 Å². The van der Waals surface area contributed by atoms with Gasteiger partial charge in [0.1, 0.15) is 5.75 Å². The lowest BCUT2D eigenvalue weighted by Crippen LogP contribution is -2.54. The van der Waals surface area contributed by atoms with E-state index >= 15 is 0 Å². The van der Waals surface area contributed by atoms with Crippen LogP contribution in [-0.4, -0.2) is 12.6 Å². The Bertz CT molecular complexity index is 516. The van der Waals surface area contributed by atoms with E-state index in [9.17, 15) is 0 Å². The first-order valence-electron chi connectivity index (χ1n) is 8.87. The topological polar surface area (TPSA) is 21.3 Å². The van der Waals surface area contributed by atoms with Crippen LogP contribution < -0.4 is 10.1 Å². The van der Waals surface area contributed by atoms with E-state index in [0.717, 1.165) is 53.1 Å². The minimum absolute atomic E-state index is 0.729. The molecule has 1 aromatic rings. The van der Waals surface area contributed by atoms with Crippen LogP contribution in [0.4, 0.5) is 0 Å². The van der Waals surface area contributed by atoms with E-state index in [-0.39, 0.29) is 0 Å². The third-order valence-electron chi connectivity index (χ3n) is 6.08. The smallest absolute Gasteiger partial charge is 0.123 e. The molecular weight excluding hydrogens is 338 g/mol. The number of ether oxygens (including phenoxy) is 1. The molecule has 5 rings (SSSR count). The Hall–Kier alpha value is -0.540. The van der Waals surface area contributed by atoms with Crippen LogP contribution in [0, 0.1) is 23.7 Å². The molecule has 4 saturated carbocycles. The Kier molecular flexibility index (Phi) is 4.21. The second kappa shape index (κ2) is 6.16. The molecule has 0 spiro atoms. The molecule has 0 aromatic heterocycles. The van der Waals surface area contributed by atoms with Crippen LogP contribution in [0.5, 0.6) is 5.75 Å². The van der Waals surface area contributed by atoms with Gasteiger partial charge in [-0.05, 0) is 80.9 Å². The third-order valence-corrected chi connectivity index (χ3v) is 6.57. The van der Waals surface area contributed by atoms with Gasteiger partial charge in [-0.15, -0.1) is 0 Å². The lowest BCUT2D eigenvalue weighted by atomic mass is 9.54. The average Bonchev–Trinajstić information content (AvgIpc) is 2.48. The van der Waals surface area contributed by atoms with E-state index in [0.29, 0.717) is 0 Å². The van der Waals surface area contributed by atoms with E-state index in [4.69, 9.17) is 4.74 Å². The maximum absolute atomic E-state index is 5.79. The molecule has 4 aliphatic carbocycles. The van der Waals surface area contributed by atoms with Gasteiger partial charge >= 0.3 is 0 Å². The van der Waals surface area contributed by atoms with Gasteiger partial charge in [-0.3, -0.25) is 0 Å². The molecule has 4 fully saturated rings. The minimum Gasteiger partial charge on any atom is -0.494 e. The van der Waals surface area contributed by atoms with Gasteiger partial charge in [-0.2, -0.15) is 0 Å².